The van der Waals surface area contributed by atoms with Gasteiger partial charge in [-0.05, 0) is 30.0 Å². The molecule has 2 aromatic carbocycles. The maximum absolute atomic E-state index is 11.8. The van der Waals surface area contributed by atoms with Crippen molar-refractivity contribution in [2.24, 2.45) is 0 Å². The van der Waals surface area contributed by atoms with Crippen LogP contribution in [-0.4, -0.2) is 24.4 Å². The van der Waals surface area contributed by atoms with Gasteiger partial charge in [0.1, 0.15) is 6.04 Å². The van der Waals surface area contributed by atoms with Crippen LogP contribution in [0.1, 0.15) is 19.4 Å². The first kappa shape index (κ1) is 16.7. The molecule has 4 heteroatoms. The van der Waals surface area contributed by atoms with Crippen molar-refractivity contribution >= 4 is 11.8 Å². The molecule has 23 heavy (non-hydrogen) atoms. The number of hydrogen-bond donors (Lipinski definition) is 2. The predicted molar refractivity (Wildman–Crippen MR) is 91.9 cm³/mol. The van der Waals surface area contributed by atoms with Crippen molar-refractivity contribution in [3.63, 3.8) is 0 Å². The highest BCUT2D eigenvalue weighted by Crippen LogP contribution is 2.20. The molecule has 1 unspecified atom stereocenters. The van der Waals surface area contributed by atoms with E-state index in [1.165, 1.54) is 23.6 Å². The van der Waals surface area contributed by atoms with Crippen molar-refractivity contribution < 1.29 is 9.59 Å². The SMILES string of the molecule is CC(=O)NC(C)C(=O)NCCc1cccc(-c2ccccc2)c1. The normalized spacial score (nSPS) is 11.6. The van der Waals surface area contributed by atoms with Gasteiger partial charge in [-0.15, -0.1) is 0 Å². The monoisotopic (exact) mass is 310 g/mol. The molecule has 0 aromatic heterocycles. The highest BCUT2D eigenvalue weighted by molar-refractivity contribution is 5.86. The summed E-state index contributed by atoms with van der Waals surface area (Å²) in [6, 6.07) is 18.0. The molecule has 0 aliphatic heterocycles. The lowest BCUT2D eigenvalue weighted by Crippen LogP contribution is -2.44. The summed E-state index contributed by atoms with van der Waals surface area (Å²) in [5.74, 6) is -0.373. The summed E-state index contributed by atoms with van der Waals surface area (Å²) < 4.78 is 0. The Balaban J connectivity index is 1.89. The van der Waals surface area contributed by atoms with Crippen molar-refractivity contribution in [3.05, 3.63) is 60.2 Å². The molecule has 0 spiro atoms. The first-order valence-corrected chi connectivity index (χ1v) is 7.75. The van der Waals surface area contributed by atoms with E-state index < -0.39 is 6.04 Å². The fourth-order valence-electron chi connectivity index (χ4n) is 2.39. The van der Waals surface area contributed by atoms with Gasteiger partial charge < -0.3 is 10.6 Å². The zero-order chi connectivity index (χ0) is 16.7. The Kier molecular flexibility index (Phi) is 5.92. The highest BCUT2D eigenvalue weighted by Gasteiger charge is 2.12. The molecule has 0 saturated carbocycles. The maximum atomic E-state index is 11.8. The molecule has 0 fully saturated rings. The molecular weight excluding hydrogens is 288 g/mol. The van der Waals surface area contributed by atoms with Crippen molar-refractivity contribution in [1.82, 2.24) is 10.6 Å². The van der Waals surface area contributed by atoms with Crippen LogP contribution in [0.5, 0.6) is 0 Å². The van der Waals surface area contributed by atoms with E-state index in [0.717, 1.165) is 6.42 Å². The van der Waals surface area contributed by atoms with Gasteiger partial charge in [-0.2, -0.15) is 0 Å². The quantitative estimate of drug-likeness (QED) is 0.861. The highest BCUT2D eigenvalue weighted by atomic mass is 16.2. The van der Waals surface area contributed by atoms with E-state index in [1.54, 1.807) is 6.92 Å². The second kappa shape index (κ2) is 8.13. The van der Waals surface area contributed by atoms with E-state index in [4.69, 9.17) is 0 Å². The van der Waals surface area contributed by atoms with E-state index in [2.05, 4.69) is 41.0 Å². The third-order valence-corrected chi connectivity index (χ3v) is 3.56. The Hall–Kier alpha value is -2.62. The summed E-state index contributed by atoms with van der Waals surface area (Å²) in [6.45, 7) is 3.62. The summed E-state index contributed by atoms with van der Waals surface area (Å²) in [7, 11) is 0. The van der Waals surface area contributed by atoms with Gasteiger partial charge in [-0.1, -0.05) is 54.6 Å². The first-order chi connectivity index (χ1) is 11.1. The topological polar surface area (TPSA) is 58.2 Å². The van der Waals surface area contributed by atoms with Gasteiger partial charge in [0, 0.05) is 13.5 Å². The molecule has 0 aliphatic rings. The van der Waals surface area contributed by atoms with E-state index >= 15 is 0 Å². The van der Waals surface area contributed by atoms with Crippen LogP contribution in [0.4, 0.5) is 0 Å². The van der Waals surface area contributed by atoms with E-state index in [9.17, 15) is 9.59 Å². The van der Waals surface area contributed by atoms with E-state index in [-0.39, 0.29) is 11.8 Å². The molecule has 2 rings (SSSR count). The molecule has 0 radical (unpaired) electrons. The molecule has 2 amide bonds. The Morgan fingerprint density at radius 3 is 2.39 bits per heavy atom. The molecule has 2 aromatic rings. The number of carbonyl (C=O) groups excluding carboxylic acids is 2. The molecule has 2 N–H and O–H groups in total. The number of carbonyl (C=O) groups is 2. The summed E-state index contributed by atoms with van der Waals surface area (Å²) in [5.41, 5.74) is 3.51. The van der Waals surface area contributed by atoms with E-state index in [0.29, 0.717) is 6.54 Å². The Morgan fingerprint density at radius 1 is 1.00 bits per heavy atom. The van der Waals surface area contributed by atoms with Gasteiger partial charge in [0.25, 0.3) is 0 Å². The minimum atomic E-state index is -0.511. The standard InChI is InChI=1S/C19H22N2O2/c1-14(21-15(2)22)19(23)20-12-11-16-7-6-10-18(13-16)17-8-4-3-5-9-17/h3-10,13-14H,11-12H2,1-2H3,(H,20,23)(H,21,22). The summed E-state index contributed by atoms with van der Waals surface area (Å²) in [5, 5.41) is 5.41. The molecule has 0 bridgehead atoms. The molecular formula is C19H22N2O2. The summed E-state index contributed by atoms with van der Waals surface area (Å²) in [6.07, 6.45) is 0.749. The fourth-order valence-corrected chi connectivity index (χ4v) is 2.39. The van der Waals surface area contributed by atoms with Crippen molar-refractivity contribution in [2.75, 3.05) is 6.54 Å². The molecule has 0 aliphatic carbocycles. The van der Waals surface area contributed by atoms with Crippen molar-refractivity contribution in [1.29, 1.82) is 0 Å². The number of hydrogen-bond acceptors (Lipinski definition) is 2. The van der Waals surface area contributed by atoms with Gasteiger partial charge >= 0.3 is 0 Å². The van der Waals surface area contributed by atoms with Crippen LogP contribution >= 0.6 is 0 Å². The fraction of sp³-hybridized carbons (Fsp3) is 0.263. The van der Waals surface area contributed by atoms with Crippen molar-refractivity contribution in [2.45, 2.75) is 26.3 Å². The van der Waals surface area contributed by atoms with Crippen LogP contribution in [0, 0.1) is 0 Å². The van der Waals surface area contributed by atoms with Crippen LogP contribution in [0.3, 0.4) is 0 Å². The molecule has 0 heterocycles. The number of nitrogens with one attached hydrogen (secondary N) is 2. The second-order valence-electron chi connectivity index (χ2n) is 5.53. The van der Waals surface area contributed by atoms with Gasteiger partial charge in [0.15, 0.2) is 0 Å². The molecule has 4 nitrogen and oxygen atoms in total. The number of benzene rings is 2. The Morgan fingerprint density at radius 2 is 1.70 bits per heavy atom. The third kappa shape index (κ3) is 5.25. The number of rotatable bonds is 6. The number of amides is 2. The lowest BCUT2D eigenvalue weighted by molar-refractivity contribution is -0.127. The van der Waals surface area contributed by atoms with Crippen LogP contribution < -0.4 is 10.6 Å². The zero-order valence-electron chi connectivity index (χ0n) is 13.5. The van der Waals surface area contributed by atoms with Gasteiger partial charge in [-0.3, -0.25) is 9.59 Å². The zero-order valence-corrected chi connectivity index (χ0v) is 13.5. The lowest BCUT2D eigenvalue weighted by Gasteiger charge is -2.13. The van der Waals surface area contributed by atoms with Gasteiger partial charge in [0.2, 0.25) is 11.8 Å². The summed E-state index contributed by atoms with van der Waals surface area (Å²) in [4.78, 5) is 22.8. The minimum absolute atomic E-state index is 0.167. The molecule has 0 saturated heterocycles. The van der Waals surface area contributed by atoms with Gasteiger partial charge in [0.05, 0.1) is 0 Å². The largest absolute Gasteiger partial charge is 0.354 e. The minimum Gasteiger partial charge on any atom is -0.354 e. The average molecular weight is 310 g/mol. The second-order valence-corrected chi connectivity index (χ2v) is 5.53. The third-order valence-electron chi connectivity index (χ3n) is 3.56. The van der Waals surface area contributed by atoms with Crippen LogP contribution in [-0.2, 0) is 16.0 Å². The molecule has 120 valence electrons. The van der Waals surface area contributed by atoms with Crippen molar-refractivity contribution in [3.8, 4) is 11.1 Å². The molecule has 1 atom stereocenters. The first-order valence-electron chi connectivity index (χ1n) is 7.75. The van der Waals surface area contributed by atoms with Crippen LogP contribution in [0.15, 0.2) is 54.6 Å². The Labute approximate surface area is 136 Å². The summed E-state index contributed by atoms with van der Waals surface area (Å²) >= 11 is 0. The smallest absolute Gasteiger partial charge is 0.242 e. The van der Waals surface area contributed by atoms with Gasteiger partial charge in [-0.25, -0.2) is 0 Å². The van der Waals surface area contributed by atoms with Crippen LogP contribution in [0.2, 0.25) is 0 Å². The van der Waals surface area contributed by atoms with E-state index in [1.807, 2.05) is 24.3 Å². The lowest BCUT2D eigenvalue weighted by atomic mass is 10.0. The average Bonchev–Trinajstić information content (AvgIpc) is 2.55. The Bertz CT molecular complexity index is 668. The maximum Gasteiger partial charge on any atom is 0.242 e. The predicted octanol–water partition coefficient (Wildman–Crippen LogP) is 2.54. The van der Waals surface area contributed by atoms with Crippen LogP contribution in [0.25, 0.3) is 11.1 Å².